The highest BCUT2D eigenvalue weighted by Gasteiger charge is 2.09. The molecule has 0 aromatic heterocycles. The van der Waals surface area contributed by atoms with Crippen molar-refractivity contribution in [3.63, 3.8) is 0 Å². The number of methoxy groups -OCH3 is 1. The SMILES string of the molecule is COc1cccc(CN(CCO)C(C)C)c1. The van der Waals surface area contributed by atoms with E-state index in [1.54, 1.807) is 7.11 Å². The van der Waals surface area contributed by atoms with Crippen LogP contribution < -0.4 is 4.74 Å². The van der Waals surface area contributed by atoms with Crippen molar-refractivity contribution in [2.24, 2.45) is 0 Å². The Balaban J connectivity index is 2.68. The minimum atomic E-state index is 0.197. The van der Waals surface area contributed by atoms with Gasteiger partial charge >= 0.3 is 0 Å². The molecular formula is C13H21NO2. The molecule has 0 amide bonds. The summed E-state index contributed by atoms with van der Waals surface area (Å²) in [4.78, 5) is 2.23. The van der Waals surface area contributed by atoms with Gasteiger partial charge in [-0.05, 0) is 31.5 Å². The average molecular weight is 223 g/mol. The largest absolute Gasteiger partial charge is 0.497 e. The Morgan fingerprint density at radius 3 is 2.69 bits per heavy atom. The number of aliphatic hydroxyl groups excluding tert-OH is 1. The van der Waals surface area contributed by atoms with E-state index >= 15 is 0 Å². The maximum Gasteiger partial charge on any atom is 0.119 e. The van der Waals surface area contributed by atoms with E-state index in [1.807, 2.05) is 18.2 Å². The number of aliphatic hydroxyl groups is 1. The van der Waals surface area contributed by atoms with Crippen LogP contribution in [0.1, 0.15) is 19.4 Å². The normalized spacial score (nSPS) is 11.1. The molecule has 0 aliphatic heterocycles. The van der Waals surface area contributed by atoms with Gasteiger partial charge in [-0.3, -0.25) is 4.90 Å². The molecular weight excluding hydrogens is 202 g/mol. The molecule has 0 radical (unpaired) electrons. The molecule has 0 spiro atoms. The van der Waals surface area contributed by atoms with E-state index in [9.17, 15) is 0 Å². The Hall–Kier alpha value is -1.06. The van der Waals surface area contributed by atoms with Crippen LogP contribution in [-0.2, 0) is 6.54 Å². The Labute approximate surface area is 97.7 Å². The Kier molecular flexibility index (Phi) is 5.29. The molecule has 0 heterocycles. The molecule has 0 fully saturated rings. The standard InChI is InChI=1S/C13H21NO2/c1-11(2)14(7-8-15)10-12-5-4-6-13(9-12)16-3/h4-6,9,11,15H,7-8,10H2,1-3H3. The number of benzene rings is 1. The third-order valence-corrected chi connectivity index (χ3v) is 2.64. The molecule has 0 aliphatic rings. The van der Waals surface area contributed by atoms with Crippen LogP contribution in [0.2, 0.25) is 0 Å². The molecule has 0 bridgehead atoms. The summed E-state index contributed by atoms with van der Waals surface area (Å²) in [5, 5.41) is 9.00. The van der Waals surface area contributed by atoms with Gasteiger partial charge in [0, 0.05) is 19.1 Å². The number of hydrogen-bond donors (Lipinski definition) is 1. The van der Waals surface area contributed by atoms with Gasteiger partial charge in [0.25, 0.3) is 0 Å². The Morgan fingerprint density at radius 2 is 2.12 bits per heavy atom. The predicted octanol–water partition coefficient (Wildman–Crippen LogP) is 1.90. The lowest BCUT2D eigenvalue weighted by Crippen LogP contribution is -2.32. The summed E-state index contributed by atoms with van der Waals surface area (Å²) >= 11 is 0. The van der Waals surface area contributed by atoms with Gasteiger partial charge in [-0.15, -0.1) is 0 Å². The van der Waals surface area contributed by atoms with Crippen LogP contribution in [0.4, 0.5) is 0 Å². The molecule has 0 aliphatic carbocycles. The van der Waals surface area contributed by atoms with Crippen LogP contribution in [0, 0.1) is 0 Å². The van der Waals surface area contributed by atoms with Gasteiger partial charge in [0.1, 0.15) is 5.75 Å². The predicted molar refractivity (Wildman–Crippen MR) is 65.6 cm³/mol. The fourth-order valence-electron chi connectivity index (χ4n) is 1.65. The van der Waals surface area contributed by atoms with Crippen molar-refractivity contribution in [3.05, 3.63) is 29.8 Å². The smallest absolute Gasteiger partial charge is 0.119 e. The van der Waals surface area contributed by atoms with Gasteiger partial charge in [0.2, 0.25) is 0 Å². The van der Waals surface area contributed by atoms with Crippen LogP contribution in [0.5, 0.6) is 5.75 Å². The van der Waals surface area contributed by atoms with E-state index in [0.717, 1.165) is 12.3 Å². The molecule has 1 rings (SSSR count). The molecule has 0 saturated heterocycles. The molecule has 3 nitrogen and oxygen atoms in total. The van der Waals surface area contributed by atoms with Crippen molar-refractivity contribution >= 4 is 0 Å². The lowest BCUT2D eigenvalue weighted by Gasteiger charge is -2.25. The maximum atomic E-state index is 9.00. The zero-order valence-electron chi connectivity index (χ0n) is 10.3. The molecule has 1 aromatic rings. The van der Waals surface area contributed by atoms with E-state index in [1.165, 1.54) is 5.56 Å². The first-order chi connectivity index (χ1) is 7.67. The molecule has 0 atom stereocenters. The van der Waals surface area contributed by atoms with Gasteiger partial charge in [-0.25, -0.2) is 0 Å². The van der Waals surface area contributed by atoms with Gasteiger partial charge in [-0.2, -0.15) is 0 Å². The fourth-order valence-corrected chi connectivity index (χ4v) is 1.65. The van der Waals surface area contributed by atoms with Crippen molar-refractivity contribution < 1.29 is 9.84 Å². The minimum absolute atomic E-state index is 0.197. The average Bonchev–Trinajstić information content (AvgIpc) is 2.28. The first-order valence-corrected chi connectivity index (χ1v) is 5.65. The highest BCUT2D eigenvalue weighted by molar-refractivity contribution is 5.28. The van der Waals surface area contributed by atoms with E-state index in [0.29, 0.717) is 12.6 Å². The second kappa shape index (κ2) is 6.51. The van der Waals surface area contributed by atoms with Gasteiger partial charge in [0.05, 0.1) is 13.7 Å². The zero-order chi connectivity index (χ0) is 12.0. The topological polar surface area (TPSA) is 32.7 Å². The maximum absolute atomic E-state index is 9.00. The van der Waals surface area contributed by atoms with Gasteiger partial charge in [-0.1, -0.05) is 12.1 Å². The third kappa shape index (κ3) is 3.83. The van der Waals surface area contributed by atoms with Crippen molar-refractivity contribution in [1.82, 2.24) is 4.90 Å². The summed E-state index contributed by atoms with van der Waals surface area (Å²) in [6.07, 6.45) is 0. The number of hydrogen-bond acceptors (Lipinski definition) is 3. The molecule has 3 heteroatoms. The summed E-state index contributed by atoms with van der Waals surface area (Å²) in [6.45, 7) is 6.01. The van der Waals surface area contributed by atoms with Crippen molar-refractivity contribution in [2.75, 3.05) is 20.3 Å². The highest BCUT2D eigenvalue weighted by Crippen LogP contribution is 2.15. The van der Waals surface area contributed by atoms with Crippen molar-refractivity contribution in [2.45, 2.75) is 26.4 Å². The van der Waals surface area contributed by atoms with Crippen LogP contribution in [0.25, 0.3) is 0 Å². The van der Waals surface area contributed by atoms with E-state index in [4.69, 9.17) is 9.84 Å². The van der Waals surface area contributed by atoms with Crippen LogP contribution in [-0.4, -0.2) is 36.3 Å². The molecule has 16 heavy (non-hydrogen) atoms. The van der Waals surface area contributed by atoms with Crippen LogP contribution in [0.3, 0.4) is 0 Å². The molecule has 0 saturated carbocycles. The highest BCUT2D eigenvalue weighted by atomic mass is 16.5. The van der Waals surface area contributed by atoms with Crippen LogP contribution >= 0.6 is 0 Å². The first kappa shape index (κ1) is 13.0. The third-order valence-electron chi connectivity index (χ3n) is 2.64. The lowest BCUT2D eigenvalue weighted by molar-refractivity contribution is 0.159. The Morgan fingerprint density at radius 1 is 1.38 bits per heavy atom. The van der Waals surface area contributed by atoms with E-state index < -0.39 is 0 Å². The summed E-state index contributed by atoms with van der Waals surface area (Å²) < 4.78 is 5.19. The van der Waals surface area contributed by atoms with E-state index in [2.05, 4.69) is 24.8 Å². The molecule has 90 valence electrons. The minimum Gasteiger partial charge on any atom is -0.497 e. The summed E-state index contributed by atoms with van der Waals surface area (Å²) in [5.41, 5.74) is 1.21. The first-order valence-electron chi connectivity index (χ1n) is 5.65. The molecule has 0 unspecified atom stereocenters. The second-order valence-electron chi connectivity index (χ2n) is 4.14. The quantitative estimate of drug-likeness (QED) is 0.799. The monoisotopic (exact) mass is 223 g/mol. The Bertz CT molecular complexity index is 313. The zero-order valence-corrected chi connectivity index (χ0v) is 10.3. The molecule has 1 N–H and O–H groups in total. The van der Waals surface area contributed by atoms with Gasteiger partial charge < -0.3 is 9.84 Å². The number of nitrogens with zero attached hydrogens (tertiary/aromatic N) is 1. The van der Waals surface area contributed by atoms with E-state index in [-0.39, 0.29) is 6.61 Å². The number of ether oxygens (including phenoxy) is 1. The summed E-state index contributed by atoms with van der Waals surface area (Å²) in [6, 6.07) is 8.47. The van der Waals surface area contributed by atoms with Crippen molar-refractivity contribution in [3.8, 4) is 5.75 Å². The van der Waals surface area contributed by atoms with Crippen molar-refractivity contribution in [1.29, 1.82) is 0 Å². The van der Waals surface area contributed by atoms with Crippen LogP contribution in [0.15, 0.2) is 24.3 Å². The number of rotatable bonds is 6. The van der Waals surface area contributed by atoms with Gasteiger partial charge in [0.15, 0.2) is 0 Å². The summed E-state index contributed by atoms with van der Waals surface area (Å²) in [5.74, 6) is 0.880. The summed E-state index contributed by atoms with van der Waals surface area (Å²) in [7, 11) is 1.67. The lowest BCUT2D eigenvalue weighted by atomic mass is 10.2. The second-order valence-corrected chi connectivity index (χ2v) is 4.14. The molecule has 1 aromatic carbocycles. The fraction of sp³-hybridized carbons (Fsp3) is 0.538.